The summed E-state index contributed by atoms with van der Waals surface area (Å²) in [6.45, 7) is 2.24. The van der Waals surface area contributed by atoms with Crippen LogP contribution >= 0.6 is 0 Å². The van der Waals surface area contributed by atoms with Crippen molar-refractivity contribution in [3.05, 3.63) is 29.6 Å². The Morgan fingerprint density at radius 2 is 1.95 bits per heavy atom. The van der Waals surface area contributed by atoms with Gasteiger partial charge in [0.05, 0.1) is 19.0 Å². The van der Waals surface area contributed by atoms with Crippen LogP contribution in [0.25, 0.3) is 21.9 Å². The summed E-state index contributed by atoms with van der Waals surface area (Å²) in [4.78, 5) is 13.1. The molecule has 0 fully saturated rings. The van der Waals surface area contributed by atoms with Crippen LogP contribution in [0.15, 0.2) is 18.2 Å². The number of nitrogens with zero attached hydrogens (tertiary/aromatic N) is 3. The van der Waals surface area contributed by atoms with Gasteiger partial charge in [-0.05, 0) is 24.6 Å². The third-order valence-corrected chi connectivity index (χ3v) is 3.31. The maximum atomic E-state index is 5.97. The predicted octanol–water partition coefficient (Wildman–Crippen LogP) is 1.54. The summed E-state index contributed by atoms with van der Waals surface area (Å²) in [5, 5.41) is 1.71. The van der Waals surface area contributed by atoms with Gasteiger partial charge in [0.2, 0.25) is 0 Å². The summed E-state index contributed by atoms with van der Waals surface area (Å²) in [5.74, 6) is 1.58. The van der Waals surface area contributed by atoms with Crippen molar-refractivity contribution < 1.29 is 4.74 Å². The number of nitrogen functional groups attached to an aromatic ring is 1. The Kier molecular flexibility index (Phi) is 2.87. The number of pyridine rings is 1. The quantitative estimate of drug-likeness (QED) is 0.684. The summed E-state index contributed by atoms with van der Waals surface area (Å²) in [6, 6.07) is 5.83. The molecule has 0 saturated heterocycles. The molecule has 1 aromatic carbocycles. The van der Waals surface area contributed by atoms with Gasteiger partial charge in [-0.15, -0.1) is 0 Å². The van der Waals surface area contributed by atoms with Crippen molar-refractivity contribution in [1.29, 1.82) is 0 Å². The van der Waals surface area contributed by atoms with Gasteiger partial charge in [0.25, 0.3) is 0 Å². The molecule has 0 radical (unpaired) electrons. The van der Waals surface area contributed by atoms with Crippen LogP contribution in [-0.2, 0) is 6.54 Å². The van der Waals surface area contributed by atoms with Gasteiger partial charge in [0.1, 0.15) is 22.9 Å². The van der Waals surface area contributed by atoms with Crippen molar-refractivity contribution in [2.24, 2.45) is 5.73 Å². The molecule has 6 nitrogen and oxygen atoms in total. The first-order valence-corrected chi connectivity index (χ1v) is 6.24. The maximum Gasteiger partial charge on any atom is 0.165 e. The predicted molar refractivity (Wildman–Crippen MR) is 78.4 cm³/mol. The lowest BCUT2D eigenvalue weighted by atomic mass is 10.1. The highest BCUT2D eigenvalue weighted by molar-refractivity contribution is 5.99. The van der Waals surface area contributed by atoms with Crippen LogP contribution in [0.5, 0.6) is 5.75 Å². The average molecular weight is 269 g/mol. The molecular weight excluding hydrogens is 254 g/mol. The van der Waals surface area contributed by atoms with Crippen molar-refractivity contribution in [1.82, 2.24) is 15.0 Å². The highest BCUT2D eigenvalue weighted by Gasteiger charge is 2.11. The van der Waals surface area contributed by atoms with Crippen LogP contribution in [0, 0.1) is 6.92 Å². The third kappa shape index (κ3) is 1.81. The molecule has 0 atom stereocenters. The van der Waals surface area contributed by atoms with Crippen LogP contribution in [-0.4, -0.2) is 22.1 Å². The van der Waals surface area contributed by atoms with E-state index < -0.39 is 0 Å². The van der Waals surface area contributed by atoms with E-state index in [1.165, 1.54) is 0 Å². The number of ether oxygens (including phenoxy) is 1. The molecule has 0 aliphatic heterocycles. The molecule has 3 aromatic rings. The number of hydrogen-bond donors (Lipinski definition) is 2. The number of methoxy groups -OCH3 is 1. The minimum absolute atomic E-state index is 0.227. The lowest BCUT2D eigenvalue weighted by molar-refractivity contribution is 0.419. The number of hydrogen-bond acceptors (Lipinski definition) is 6. The number of benzene rings is 1. The molecule has 4 N–H and O–H groups in total. The van der Waals surface area contributed by atoms with Gasteiger partial charge in [0.15, 0.2) is 5.65 Å². The number of anilines is 1. The molecule has 2 aromatic heterocycles. The van der Waals surface area contributed by atoms with Crippen molar-refractivity contribution in [3.8, 4) is 5.75 Å². The molecule has 0 aliphatic rings. The number of rotatable bonds is 2. The van der Waals surface area contributed by atoms with Gasteiger partial charge in [-0.3, -0.25) is 0 Å². The van der Waals surface area contributed by atoms with E-state index in [1.807, 2.05) is 25.1 Å². The minimum Gasteiger partial charge on any atom is -0.494 e. The molecule has 2 heterocycles. The van der Waals surface area contributed by atoms with Gasteiger partial charge in [-0.2, -0.15) is 0 Å². The molecule has 0 spiro atoms. The lowest BCUT2D eigenvalue weighted by Gasteiger charge is -2.10. The monoisotopic (exact) mass is 269 g/mol. The lowest BCUT2D eigenvalue weighted by Crippen LogP contribution is -2.07. The van der Waals surface area contributed by atoms with E-state index in [0.717, 1.165) is 21.9 Å². The summed E-state index contributed by atoms with van der Waals surface area (Å²) in [7, 11) is 1.62. The highest BCUT2D eigenvalue weighted by Crippen LogP contribution is 2.30. The second-order valence-corrected chi connectivity index (χ2v) is 4.57. The normalized spacial score (nSPS) is 11.2. The van der Waals surface area contributed by atoms with Crippen molar-refractivity contribution in [3.63, 3.8) is 0 Å². The Hall–Kier alpha value is -2.47. The van der Waals surface area contributed by atoms with Gasteiger partial charge in [0, 0.05) is 5.39 Å². The topological polar surface area (TPSA) is 99.9 Å². The van der Waals surface area contributed by atoms with E-state index in [2.05, 4.69) is 15.0 Å². The zero-order chi connectivity index (χ0) is 14.3. The molecule has 102 valence electrons. The molecule has 0 aliphatic carbocycles. The van der Waals surface area contributed by atoms with E-state index in [9.17, 15) is 0 Å². The summed E-state index contributed by atoms with van der Waals surface area (Å²) in [5.41, 5.74) is 13.9. The fraction of sp³-hybridized carbons (Fsp3) is 0.214. The molecule has 20 heavy (non-hydrogen) atoms. The fourth-order valence-electron chi connectivity index (χ4n) is 2.24. The molecule has 0 bridgehead atoms. The summed E-state index contributed by atoms with van der Waals surface area (Å²) in [6.07, 6.45) is 0. The van der Waals surface area contributed by atoms with Crippen molar-refractivity contribution >= 4 is 27.8 Å². The van der Waals surface area contributed by atoms with Crippen molar-refractivity contribution in [2.75, 3.05) is 12.8 Å². The Bertz CT molecular complexity index is 816. The SMILES string of the molecule is COc1ccc(C)c2cc3c(N)nc(CN)nc3nc12. The number of aromatic nitrogens is 3. The number of nitrogens with two attached hydrogens (primary N) is 2. The van der Waals surface area contributed by atoms with Crippen LogP contribution in [0.4, 0.5) is 5.82 Å². The molecule has 3 rings (SSSR count). The van der Waals surface area contributed by atoms with Crippen LogP contribution in [0.3, 0.4) is 0 Å². The largest absolute Gasteiger partial charge is 0.494 e. The average Bonchev–Trinajstić information content (AvgIpc) is 2.46. The van der Waals surface area contributed by atoms with E-state index in [1.54, 1.807) is 7.11 Å². The van der Waals surface area contributed by atoms with Crippen LogP contribution < -0.4 is 16.2 Å². The zero-order valence-corrected chi connectivity index (χ0v) is 11.3. The Labute approximate surface area is 115 Å². The first-order chi connectivity index (χ1) is 9.63. The first kappa shape index (κ1) is 12.6. The molecular formula is C14H15N5O. The van der Waals surface area contributed by atoms with Gasteiger partial charge >= 0.3 is 0 Å². The van der Waals surface area contributed by atoms with E-state index in [4.69, 9.17) is 16.2 Å². The van der Waals surface area contributed by atoms with Crippen LogP contribution in [0.2, 0.25) is 0 Å². The van der Waals surface area contributed by atoms with E-state index >= 15 is 0 Å². The van der Waals surface area contributed by atoms with E-state index in [-0.39, 0.29) is 6.54 Å². The number of aryl methyl sites for hydroxylation is 1. The first-order valence-electron chi connectivity index (χ1n) is 6.24. The Morgan fingerprint density at radius 1 is 1.15 bits per heavy atom. The highest BCUT2D eigenvalue weighted by atomic mass is 16.5. The second kappa shape index (κ2) is 4.57. The zero-order valence-electron chi connectivity index (χ0n) is 11.3. The molecule has 0 saturated carbocycles. The van der Waals surface area contributed by atoms with Gasteiger partial charge in [-0.1, -0.05) is 6.07 Å². The molecule has 0 amide bonds. The summed E-state index contributed by atoms with van der Waals surface area (Å²) >= 11 is 0. The Balaban J connectivity index is 2.46. The minimum atomic E-state index is 0.227. The van der Waals surface area contributed by atoms with E-state index in [0.29, 0.717) is 23.0 Å². The molecule has 0 unspecified atom stereocenters. The fourth-order valence-corrected chi connectivity index (χ4v) is 2.24. The standard InChI is InChI=1S/C14H15N5O/c1-7-3-4-10(20-2)12-8(7)5-9-13(16)17-11(6-15)18-14(9)19-12/h3-5H,6,15H2,1-2H3,(H2,16,17,18,19). The third-order valence-electron chi connectivity index (χ3n) is 3.31. The smallest absolute Gasteiger partial charge is 0.165 e. The molecule has 6 heteroatoms. The summed E-state index contributed by atoms with van der Waals surface area (Å²) < 4.78 is 5.36. The second-order valence-electron chi connectivity index (χ2n) is 4.57. The number of fused-ring (bicyclic) bond motifs is 2. The Morgan fingerprint density at radius 3 is 2.65 bits per heavy atom. The van der Waals surface area contributed by atoms with Gasteiger partial charge in [-0.25, -0.2) is 15.0 Å². The maximum absolute atomic E-state index is 5.97. The van der Waals surface area contributed by atoms with Crippen LogP contribution in [0.1, 0.15) is 11.4 Å². The van der Waals surface area contributed by atoms with Crippen molar-refractivity contribution in [2.45, 2.75) is 13.5 Å². The van der Waals surface area contributed by atoms with Gasteiger partial charge < -0.3 is 16.2 Å².